The van der Waals surface area contributed by atoms with Gasteiger partial charge < -0.3 is 5.32 Å². The Bertz CT molecular complexity index is 155. The molecule has 4 atom stereocenters. The molecule has 0 heterocycles. The molecule has 0 aromatic carbocycles. The molecule has 0 aliphatic heterocycles. The number of hydrogen-bond acceptors (Lipinski definition) is 1. The third-order valence-corrected chi connectivity index (χ3v) is 4.06. The summed E-state index contributed by atoms with van der Waals surface area (Å²) in [4.78, 5) is 0. The highest BCUT2D eigenvalue weighted by Gasteiger charge is 2.34. The normalized spacial score (nSPS) is 34.7. The van der Waals surface area contributed by atoms with Gasteiger partial charge in [0.1, 0.15) is 0 Å². The van der Waals surface area contributed by atoms with E-state index >= 15 is 0 Å². The van der Waals surface area contributed by atoms with Crippen molar-refractivity contribution in [3.05, 3.63) is 0 Å². The van der Waals surface area contributed by atoms with Crippen molar-refractivity contribution in [3.8, 4) is 0 Å². The van der Waals surface area contributed by atoms with Gasteiger partial charge in [0.25, 0.3) is 0 Å². The fourth-order valence-corrected chi connectivity index (χ4v) is 3.22. The topological polar surface area (TPSA) is 12.0 Å². The quantitative estimate of drug-likeness (QED) is 0.712. The van der Waals surface area contributed by atoms with E-state index in [2.05, 4.69) is 33.0 Å². The maximum Gasteiger partial charge on any atom is 0.00954 e. The second-order valence-electron chi connectivity index (χ2n) is 5.03. The Morgan fingerprint density at radius 3 is 2.57 bits per heavy atom. The van der Waals surface area contributed by atoms with Crippen molar-refractivity contribution in [1.29, 1.82) is 0 Å². The summed E-state index contributed by atoms with van der Waals surface area (Å²) in [6, 6.07) is 0.796. The molecular weight excluding hydrogens is 170 g/mol. The minimum absolute atomic E-state index is 0.796. The van der Waals surface area contributed by atoms with Crippen molar-refractivity contribution in [2.24, 2.45) is 17.8 Å². The molecule has 1 saturated carbocycles. The van der Waals surface area contributed by atoms with Gasteiger partial charge in [0.05, 0.1) is 0 Å². The zero-order valence-electron chi connectivity index (χ0n) is 10.3. The number of nitrogens with one attached hydrogen (secondary N) is 1. The van der Waals surface area contributed by atoms with Gasteiger partial charge in [-0.25, -0.2) is 0 Å². The van der Waals surface area contributed by atoms with Crippen LogP contribution in [-0.4, -0.2) is 12.6 Å². The fraction of sp³-hybridized carbons (Fsp3) is 1.00. The molecule has 1 aliphatic rings. The van der Waals surface area contributed by atoms with Crippen LogP contribution in [0.1, 0.15) is 53.4 Å². The standard InChI is InChI=1S/C13H27N/c1-5-7-10(3)12-8-9-13(11(12)4)14-6-2/h10-14H,5-9H2,1-4H3. The summed E-state index contributed by atoms with van der Waals surface area (Å²) < 4.78 is 0. The molecule has 1 rings (SSSR count). The molecule has 0 aromatic heterocycles. The minimum atomic E-state index is 0.796. The van der Waals surface area contributed by atoms with Crippen LogP contribution >= 0.6 is 0 Å². The lowest BCUT2D eigenvalue weighted by Crippen LogP contribution is -2.33. The molecule has 14 heavy (non-hydrogen) atoms. The van der Waals surface area contributed by atoms with Crippen LogP contribution in [0.2, 0.25) is 0 Å². The van der Waals surface area contributed by atoms with Crippen LogP contribution in [0.3, 0.4) is 0 Å². The lowest BCUT2D eigenvalue weighted by molar-refractivity contribution is 0.257. The first-order valence-corrected chi connectivity index (χ1v) is 6.44. The van der Waals surface area contributed by atoms with Crippen LogP contribution in [0.15, 0.2) is 0 Å². The van der Waals surface area contributed by atoms with Crippen LogP contribution in [0.25, 0.3) is 0 Å². The van der Waals surface area contributed by atoms with Gasteiger partial charge in [-0.05, 0) is 37.1 Å². The first-order valence-electron chi connectivity index (χ1n) is 6.44. The first kappa shape index (κ1) is 12.0. The average Bonchev–Trinajstić information content (AvgIpc) is 2.49. The Hall–Kier alpha value is -0.0400. The fourth-order valence-electron chi connectivity index (χ4n) is 3.22. The Labute approximate surface area is 89.7 Å². The Morgan fingerprint density at radius 2 is 2.00 bits per heavy atom. The Kier molecular flexibility index (Phi) is 4.94. The maximum absolute atomic E-state index is 3.62. The van der Waals surface area contributed by atoms with Crippen molar-refractivity contribution in [2.45, 2.75) is 59.4 Å². The highest BCUT2D eigenvalue weighted by Crippen LogP contribution is 2.38. The predicted molar refractivity (Wildman–Crippen MR) is 63.4 cm³/mol. The molecule has 0 bridgehead atoms. The van der Waals surface area contributed by atoms with Gasteiger partial charge in [-0.3, -0.25) is 0 Å². The molecule has 1 heteroatoms. The zero-order chi connectivity index (χ0) is 10.6. The van der Waals surface area contributed by atoms with E-state index in [4.69, 9.17) is 0 Å². The zero-order valence-corrected chi connectivity index (χ0v) is 10.3. The summed E-state index contributed by atoms with van der Waals surface area (Å²) in [6.07, 6.45) is 5.60. The van der Waals surface area contributed by atoms with E-state index in [0.29, 0.717) is 0 Å². The minimum Gasteiger partial charge on any atom is -0.314 e. The SMILES string of the molecule is CCCC(C)C1CCC(NCC)C1C. The highest BCUT2D eigenvalue weighted by atomic mass is 14.9. The van der Waals surface area contributed by atoms with Crippen LogP contribution in [0, 0.1) is 17.8 Å². The molecule has 0 radical (unpaired) electrons. The average molecular weight is 197 g/mol. The molecule has 0 saturated heterocycles. The van der Waals surface area contributed by atoms with Gasteiger partial charge in [0.2, 0.25) is 0 Å². The molecule has 1 aliphatic carbocycles. The van der Waals surface area contributed by atoms with E-state index in [1.807, 2.05) is 0 Å². The van der Waals surface area contributed by atoms with E-state index in [-0.39, 0.29) is 0 Å². The van der Waals surface area contributed by atoms with Gasteiger partial charge in [0, 0.05) is 6.04 Å². The van der Waals surface area contributed by atoms with Crippen molar-refractivity contribution in [1.82, 2.24) is 5.32 Å². The second kappa shape index (κ2) is 5.75. The largest absolute Gasteiger partial charge is 0.314 e. The molecule has 0 amide bonds. The summed E-state index contributed by atoms with van der Waals surface area (Å²) in [7, 11) is 0. The van der Waals surface area contributed by atoms with Crippen molar-refractivity contribution in [3.63, 3.8) is 0 Å². The Balaban J connectivity index is 2.41. The van der Waals surface area contributed by atoms with Gasteiger partial charge in [-0.15, -0.1) is 0 Å². The summed E-state index contributed by atoms with van der Waals surface area (Å²) in [5.41, 5.74) is 0. The van der Waals surface area contributed by atoms with Gasteiger partial charge in [-0.1, -0.05) is 40.5 Å². The van der Waals surface area contributed by atoms with E-state index in [9.17, 15) is 0 Å². The van der Waals surface area contributed by atoms with Crippen molar-refractivity contribution < 1.29 is 0 Å². The number of hydrogen-bond donors (Lipinski definition) is 1. The van der Waals surface area contributed by atoms with Crippen LogP contribution < -0.4 is 5.32 Å². The molecule has 4 unspecified atom stereocenters. The van der Waals surface area contributed by atoms with Crippen molar-refractivity contribution >= 4 is 0 Å². The molecule has 0 aromatic rings. The summed E-state index contributed by atoms with van der Waals surface area (Å²) in [5, 5.41) is 3.62. The van der Waals surface area contributed by atoms with Gasteiger partial charge >= 0.3 is 0 Å². The van der Waals surface area contributed by atoms with Crippen LogP contribution in [0.4, 0.5) is 0 Å². The third-order valence-electron chi connectivity index (χ3n) is 4.06. The third kappa shape index (κ3) is 2.73. The summed E-state index contributed by atoms with van der Waals surface area (Å²) >= 11 is 0. The van der Waals surface area contributed by atoms with Crippen LogP contribution in [-0.2, 0) is 0 Å². The molecular formula is C13H27N. The maximum atomic E-state index is 3.62. The highest BCUT2D eigenvalue weighted by molar-refractivity contribution is 4.88. The summed E-state index contributed by atoms with van der Waals surface area (Å²) in [5.74, 6) is 2.79. The first-order chi connectivity index (χ1) is 6.70. The molecule has 0 spiro atoms. The molecule has 1 fully saturated rings. The lowest BCUT2D eigenvalue weighted by atomic mass is 9.82. The molecule has 84 valence electrons. The van der Waals surface area contributed by atoms with E-state index < -0.39 is 0 Å². The van der Waals surface area contributed by atoms with E-state index in [1.54, 1.807) is 0 Å². The molecule has 1 nitrogen and oxygen atoms in total. The van der Waals surface area contributed by atoms with Gasteiger partial charge in [-0.2, -0.15) is 0 Å². The van der Waals surface area contributed by atoms with Gasteiger partial charge in [0.15, 0.2) is 0 Å². The number of rotatable bonds is 5. The smallest absolute Gasteiger partial charge is 0.00954 e. The van der Waals surface area contributed by atoms with Crippen molar-refractivity contribution in [2.75, 3.05) is 6.54 Å². The summed E-state index contributed by atoms with van der Waals surface area (Å²) in [6.45, 7) is 10.5. The van der Waals surface area contributed by atoms with E-state index in [1.165, 1.54) is 25.7 Å². The molecule has 1 N–H and O–H groups in total. The Morgan fingerprint density at radius 1 is 1.29 bits per heavy atom. The second-order valence-corrected chi connectivity index (χ2v) is 5.03. The lowest BCUT2D eigenvalue weighted by Gasteiger charge is -2.26. The van der Waals surface area contributed by atoms with Crippen LogP contribution in [0.5, 0.6) is 0 Å². The predicted octanol–water partition coefficient (Wildman–Crippen LogP) is 3.45. The monoisotopic (exact) mass is 197 g/mol. The van der Waals surface area contributed by atoms with E-state index in [0.717, 1.165) is 30.3 Å².